The molecule has 1 fully saturated rings. The van der Waals surface area contributed by atoms with Gasteiger partial charge in [0.15, 0.2) is 0 Å². The number of nitro groups is 1. The van der Waals surface area contributed by atoms with Crippen LogP contribution in [0.3, 0.4) is 0 Å². The van der Waals surface area contributed by atoms with Crippen LogP contribution in [0.2, 0.25) is 0 Å². The third-order valence-corrected chi connectivity index (χ3v) is 6.73. The smallest absolute Gasteiger partial charge is 0.343 e. The van der Waals surface area contributed by atoms with E-state index in [-0.39, 0.29) is 22.0 Å². The Labute approximate surface area is 174 Å². The fourth-order valence-corrected chi connectivity index (χ4v) is 4.79. The van der Waals surface area contributed by atoms with Crippen molar-refractivity contribution in [2.45, 2.75) is 30.6 Å². The Morgan fingerprint density at radius 3 is 2.40 bits per heavy atom. The number of hydrogen-bond acceptors (Lipinski definition) is 7. The Bertz CT molecular complexity index is 1040. The van der Waals surface area contributed by atoms with Gasteiger partial charge in [-0.3, -0.25) is 10.1 Å². The Morgan fingerprint density at radius 2 is 1.77 bits per heavy atom. The zero-order valence-corrected chi connectivity index (χ0v) is 17.3. The lowest BCUT2D eigenvalue weighted by molar-refractivity contribution is -0.385. The van der Waals surface area contributed by atoms with E-state index in [9.17, 15) is 23.3 Å². The molecule has 1 heterocycles. The van der Waals surface area contributed by atoms with Crippen molar-refractivity contribution in [1.82, 2.24) is 4.31 Å². The van der Waals surface area contributed by atoms with Gasteiger partial charge >= 0.3 is 11.7 Å². The van der Waals surface area contributed by atoms with E-state index in [0.717, 1.165) is 31.7 Å². The van der Waals surface area contributed by atoms with Crippen molar-refractivity contribution in [3.63, 3.8) is 0 Å². The quantitative estimate of drug-likeness (QED) is 0.296. The van der Waals surface area contributed by atoms with Gasteiger partial charge in [-0.25, -0.2) is 13.2 Å². The molecule has 1 aliphatic heterocycles. The minimum Gasteiger partial charge on any atom is -0.496 e. The van der Waals surface area contributed by atoms with E-state index in [4.69, 9.17) is 9.47 Å². The van der Waals surface area contributed by atoms with Crippen LogP contribution < -0.4 is 9.47 Å². The highest BCUT2D eigenvalue weighted by molar-refractivity contribution is 7.89. The zero-order chi connectivity index (χ0) is 21.7. The van der Waals surface area contributed by atoms with Crippen LogP contribution in [0.5, 0.6) is 11.5 Å². The molecule has 30 heavy (non-hydrogen) atoms. The summed E-state index contributed by atoms with van der Waals surface area (Å²) in [4.78, 5) is 23.1. The highest BCUT2D eigenvalue weighted by atomic mass is 32.2. The predicted molar refractivity (Wildman–Crippen MR) is 108 cm³/mol. The van der Waals surface area contributed by atoms with Gasteiger partial charge in [0.25, 0.3) is 0 Å². The normalized spacial score (nSPS) is 15.2. The average Bonchev–Trinajstić information content (AvgIpc) is 3.04. The van der Waals surface area contributed by atoms with Gasteiger partial charge < -0.3 is 9.47 Å². The molecule has 0 aromatic heterocycles. The maximum Gasteiger partial charge on any atom is 0.343 e. The summed E-state index contributed by atoms with van der Waals surface area (Å²) in [5.74, 6) is -0.908. The van der Waals surface area contributed by atoms with Gasteiger partial charge in [0, 0.05) is 13.1 Å². The lowest BCUT2D eigenvalue weighted by Crippen LogP contribution is -2.32. The third kappa shape index (κ3) is 4.77. The molecule has 9 nitrogen and oxygen atoms in total. The first-order valence-corrected chi connectivity index (χ1v) is 10.9. The number of carbonyl (C=O) groups excluding carboxylic acids is 1. The Morgan fingerprint density at radius 1 is 1.07 bits per heavy atom. The number of benzene rings is 2. The molecule has 3 rings (SSSR count). The van der Waals surface area contributed by atoms with E-state index >= 15 is 0 Å². The molecule has 0 saturated carbocycles. The summed E-state index contributed by atoms with van der Waals surface area (Å²) in [5, 5.41) is 11.3. The Hall–Kier alpha value is -2.98. The van der Waals surface area contributed by atoms with Gasteiger partial charge in [0.05, 0.1) is 28.6 Å². The van der Waals surface area contributed by atoms with Crippen molar-refractivity contribution in [2.24, 2.45) is 0 Å². The highest BCUT2D eigenvalue weighted by Crippen LogP contribution is 2.32. The van der Waals surface area contributed by atoms with Crippen LogP contribution in [0, 0.1) is 10.1 Å². The molecule has 10 heteroatoms. The Kier molecular flexibility index (Phi) is 6.68. The molecule has 2 aromatic carbocycles. The number of rotatable bonds is 6. The fourth-order valence-electron chi connectivity index (χ4n) is 3.23. The zero-order valence-electron chi connectivity index (χ0n) is 16.4. The topological polar surface area (TPSA) is 116 Å². The van der Waals surface area contributed by atoms with Crippen molar-refractivity contribution in [3.8, 4) is 11.5 Å². The Balaban J connectivity index is 1.86. The van der Waals surface area contributed by atoms with Gasteiger partial charge in [-0.1, -0.05) is 18.9 Å². The summed E-state index contributed by atoms with van der Waals surface area (Å²) in [7, 11) is -2.38. The largest absolute Gasteiger partial charge is 0.496 e. The van der Waals surface area contributed by atoms with Crippen LogP contribution in [-0.4, -0.2) is 43.8 Å². The molecule has 0 N–H and O–H groups in total. The lowest BCUT2D eigenvalue weighted by atomic mass is 10.2. The van der Waals surface area contributed by atoms with Gasteiger partial charge in [-0.2, -0.15) is 4.31 Å². The first-order chi connectivity index (χ1) is 14.3. The summed E-state index contributed by atoms with van der Waals surface area (Å²) < 4.78 is 37.5. The molecule has 2 aromatic rings. The van der Waals surface area contributed by atoms with Crippen LogP contribution in [0.15, 0.2) is 47.4 Å². The summed E-state index contributed by atoms with van der Waals surface area (Å²) in [6, 6.07) is 9.33. The van der Waals surface area contributed by atoms with Crippen LogP contribution in [-0.2, 0) is 10.0 Å². The maximum absolute atomic E-state index is 13.0. The van der Waals surface area contributed by atoms with E-state index in [1.54, 1.807) is 0 Å². The first-order valence-electron chi connectivity index (χ1n) is 9.48. The molecule has 0 unspecified atom stereocenters. The number of nitro benzene ring substituents is 1. The van der Waals surface area contributed by atoms with Crippen LogP contribution in [0.4, 0.5) is 5.69 Å². The number of esters is 1. The number of methoxy groups -OCH3 is 1. The second-order valence-electron chi connectivity index (χ2n) is 6.83. The molecule has 160 valence electrons. The summed E-state index contributed by atoms with van der Waals surface area (Å²) in [6.45, 7) is 0.879. The van der Waals surface area contributed by atoms with Crippen molar-refractivity contribution in [2.75, 3.05) is 20.2 Å². The second-order valence-corrected chi connectivity index (χ2v) is 8.76. The van der Waals surface area contributed by atoms with Crippen molar-refractivity contribution < 1.29 is 27.6 Å². The number of ether oxygens (including phenoxy) is 2. The van der Waals surface area contributed by atoms with Crippen molar-refractivity contribution in [3.05, 3.63) is 58.1 Å². The molecule has 1 aliphatic rings. The van der Waals surface area contributed by atoms with Crippen molar-refractivity contribution >= 4 is 21.7 Å². The average molecular weight is 434 g/mol. The van der Waals surface area contributed by atoms with E-state index in [2.05, 4.69) is 0 Å². The molecule has 0 bridgehead atoms. The summed E-state index contributed by atoms with van der Waals surface area (Å²) >= 11 is 0. The maximum atomic E-state index is 13.0. The van der Waals surface area contributed by atoms with Gasteiger partial charge in [0.2, 0.25) is 15.8 Å². The fraction of sp³-hybridized carbons (Fsp3) is 0.350. The molecule has 0 spiro atoms. The molecule has 0 aliphatic carbocycles. The van der Waals surface area contributed by atoms with E-state index in [1.807, 2.05) is 0 Å². The van der Waals surface area contributed by atoms with Crippen LogP contribution in [0.1, 0.15) is 36.0 Å². The monoisotopic (exact) mass is 434 g/mol. The van der Waals surface area contributed by atoms with Crippen molar-refractivity contribution in [1.29, 1.82) is 0 Å². The van der Waals surface area contributed by atoms with E-state index in [0.29, 0.717) is 13.1 Å². The molecule has 1 saturated heterocycles. The van der Waals surface area contributed by atoms with E-state index in [1.165, 1.54) is 47.8 Å². The minimum atomic E-state index is -3.74. The molecule has 0 atom stereocenters. The van der Waals surface area contributed by atoms with Crippen LogP contribution >= 0.6 is 0 Å². The van der Waals surface area contributed by atoms with Gasteiger partial charge in [-0.05, 0) is 43.2 Å². The third-order valence-electron chi connectivity index (χ3n) is 4.84. The number of nitrogens with zero attached hydrogens (tertiary/aromatic N) is 2. The highest BCUT2D eigenvalue weighted by Gasteiger charge is 2.26. The minimum absolute atomic E-state index is 0.0110. The lowest BCUT2D eigenvalue weighted by Gasteiger charge is -2.20. The number of carbonyl (C=O) groups is 1. The van der Waals surface area contributed by atoms with E-state index < -0.39 is 26.6 Å². The molecular weight excluding hydrogens is 412 g/mol. The van der Waals surface area contributed by atoms with Crippen LogP contribution in [0.25, 0.3) is 0 Å². The molecular formula is C20H22N2O7S. The standard InChI is InChI=1S/C20H22N2O7S/c1-28-16-9-10-19(18(14-16)22(24)25)29-20(23)15-7-6-8-17(13-15)30(26,27)21-11-4-2-3-5-12-21/h6-10,13-14H,2-5,11-12H2,1H3. The number of sulfonamides is 1. The second kappa shape index (κ2) is 9.23. The predicted octanol–water partition coefficient (Wildman–Crippen LogP) is 3.39. The molecule has 0 amide bonds. The van der Waals surface area contributed by atoms with Gasteiger partial charge in [0.1, 0.15) is 5.75 Å². The summed E-state index contributed by atoms with van der Waals surface area (Å²) in [6.07, 6.45) is 3.56. The SMILES string of the molecule is COc1ccc(OC(=O)c2cccc(S(=O)(=O)N3CCCCCC3)c2)c([N+](=O)[O-])c1. The summed E-state index contributed by atoms with van der Waals surface area (Å²) in [5.41, 5.74) is -0.452. The first kappa shape index (κ1) is 21.7. The van der Waals surface area contributed by atoms with Gasteiger partial charge in [-0.15, -0.1) is 0 Å². The number of hydrogen-bond donors (Lipinski definition) is 0. The molecule has 0 radical (unpaired) electrons.